The van der Waals surface area contributed by atoms with Crippen molar-refractivity contribution < 1.29 is 24.1 Å². The fraction of sp³-hybridized carbons (Fsp3) is 0.400. The predicted octanol–water partition coefficient (Wildman–Crippen LogP) is 3.25. The molecule has 10 nitrogen and oxygen atoms in total. The molecule has 0 aliphatic carbocycles. The van der Waals surface area contributed by atoms with Gasteiger partial charge in [-0.3, -0.25) is 9.69 Å². The minimum Gasteiger partial charge on any atom is -0.497 e. The van der Waals surface area contributed by atoms with Gasteiger partial charge in [0.2, 0.25) is 0 Å². The summed E-state index contributed by atoms with van der Waals surface area (Å²) in [6.45, 7) is 7.58. The topological polar surface area (TPSA) is 115 Å². The molecule has 0 bridgehead atoms. The van der Waals surface area contributed by atoms with Crippen molar-refractivity contribution in [3.8, 4) is 17.1 Å². The van der Waals surface area contributed by atoms with E-state index in [9.17, 15) is 14.7 Å². The van der Waals surface area contributed by atoms with Gasteiger partial charge < -0.3 is 29.2 Å². The van der Waals surface area contributed by atoms with Crippen LogP contribution >= 0.6 is 0 Å². The Labute approximate surface area is 261 Å². The van der Waals surface area contributed by atoms with Gasteiger partial charge in [0.1, 0.15) is 12.4 Å². The first kappa shape index (κ1) is 29.6. The van der Waals surface area contributed by atoms with Crippen LogP contribution in [0, 0.1) is 0 Å². The highest BCUT2D eigenvalue weighted by Crippen LogP contribution is 2.40. The number of morpholine rings is 1. The number of methoxy groups -OCH3 is 1. The second-order valence-electron chi connectivity index (χ2n) is 12.0. The van der Waals surface area contributed by atoms with Gasteiger partial charge in [0.05, 0.1) is 49.3 Å². The Bertz CT molecular complexity index is 1830. The number of esters is 1. The molecular weight excluding hydrogens is 572 g/mol. The fourth-order valence-corrected chi connectivity index (χ4v) is 6.86. The Morgan fingerprint density at radius 3 is 2.58 bits per heavy atom. The highest BCUT2D eigenvalue weighted by molar-refractivity contribution is 5.90. The van der Waals surface area contributed by atoms with E-state index >= 15 is 0 Å². The lowest BCUT2D eigenvalue weighted by molar-refractivity contribution is -0.172. The van der Waals surface area contributed by atoms with Gasteiger partial charge in [-0.2, -0.15) is 0 Å². The van der Waals surface area contributed by atoms with Crippen LogP contribution in [0.1, 0.15) is 46.7 Å². The molecule has 10 heteroatoms. The number of carbonyl (C=O) groups excluding carboxylic acids is 1. The van der Waals surface area contributed by atoms with Crippen molar-refractivity contribution in [3.05, 3.63) is 92.3 Å². The average molecular weight is 611 g/mol. The first-order valence-electron chi connectivity index (χ1n) is 15.6. The minimum absolute atomic E-state index is 0.0643. The number of aliphatic hydroxyl groups is 1. The van der Waals surface area contributed by atoms with Gasteiger partial charge >= 0.3 is 5.97 Å². The molecule has 7 rings (SSSR count). The number of aryl methyl sites for hydroxylation is 1. The van der Waals surface area contributed by atoms with Crippen molar-refractivity contribution in [1.82, 2.24) is 19.8 Å². The fourth-order valence-electron chi connectivity index (χ4n) is 6.86. The molecule has 1 atom stereocenters. The summed E-state index contributed by atoms with van der Waals surface area (Å²) in [4.78, 5) is 34.2. The summed E-state index contributed by atoms with van der Waals surface area (Å²) in [7, 11) is 1.64. The van der Waals surface area contributed by atoms with Crippen molar-refractivity contribution in [2.75, 3.05) is 40.0 Å². The molecule has 0 saturated carbocycles. The van der Waals surface area contributed by atoms with E-state index in [0.29, 0.717) is 42.1 Å². The molecule has 1 fully saturated rings. The van der Waals surface area contributed by atoms with Crippen LogP contribution in [0.2, 0.25) is 0 Å². The number of nitrogens with zero attached hydrogens (tertiary/aromatic N) is 3. The van der Waals surface area contributed by atoms with Crippen LogP contribution in [0.15, 0.2) is 53.3 Å². The third kappa shape index (κ3) is 5.31. The quantitative estimate of drug-likeness (QED) is 0.192. The van der Waals surface area contributed by atoms with E-state index < -0.39 is 11.6 Å². The predicted molar refractivity (Wildman–Crippen MR) is 169 cm³/mol. The van der Waals surface area contributed by atoms with Crippen molar-refractivity contribution >= 4 is 16.9 Å². The smallest absolute Gasteiger partial charge is 0.343 e. The average Bonchev–Trinajstić information content (AvgIpc) is 3.43. The van der Waals surface area contributed by atoms with Gasteiger partial charge in [-0.25, -0.2) is 9.78 Å². The van der Waals surface area contributed by atoms with Crippen LogP contribution in [0.4, 0.5) is 0 Å². The van der Waals surface area contributed by atoms with Crippen molar-refractivity contribution in [1.29, 1.82) is 0 Å². The van der Waals surface area contributed by atoms with Gasteiger partial charge in [0, 0.05) is 49.1 Å². The largest absolute Gasteiger partial charge is 0.497 e. The van der Waals surface area contributed by atoms with E-state index in [0.717, 1.165) is 72.6 Å². The van der Waals surface area contributed by atoms with Crippen molar-refractivity contribution in [3.63, 3.8) is 0 Å². The Morgan fingerprint density at radius 2 is 1.82 bits per heavy atom. The zero-order valence-electron chi connectivity index (χ0n) is 25.7. The van der Waals surface area contributed by atoms with Crippen LogP contribution in [0.3, 0.4) is 0 Å². The summed E-state index contributed by atoms with van der Waals surface area (Å²) in [6.07, 6.45) is 0.819. The Hall–Kier alpha value is -4.09. The zero-order chi connectivity index (χ0) is 31.1. The molecule has 0 spiro atoms. The normalized spacial score (nSPS) is 19.2. The summed E-state index contributed by atoms with van der Waals surface area (Å²) >= 11 is 0. The van der Waals surface area contributed by atoms with E-state index in [1.165, 1.54) is 5.56 Å². The molecule has 0 unspecified atom stereocenters. The van der Waals surface area contributed by atoms with Crippen LogP contribution < -0.4 is 15.6 Å². The highest BCUT2D eigenvalue weighted by Gasteiger charge is 2.46. The zero-order valence-corrected chi connectivity index (χ0v) is 25.7. The van der Waals surface area contributed by atoms with Crippen LogP contribution in [-0.4, -0.2) is 65.5 Å². The number of aromatic nitrogens is 2. The number of rotatable bonds is 9. The SMILES string of the molecule is CCc1c2c(nc3ccc(OC)cc13)-c1cc3c(c(=O)n1C2)COC(=O)[C@]3(O)CCNCc1ccc(CN2CCOCC2)cc1. The molecule has 4 aromatic rings. The van der Waals surface area contributed by atoms with E-state index in [1.54, 1.807) is 17.7 Å². The molecule has 1 saturated heterocycles. The molecule has 5 heterocycles. The molecule has 234 valence electrons. The number of carbonyl (C=O) groups is 1. The Kier molecular flexibility index (Phi) is 7.91. The number of fused-ring (bicyclic) bond motifs is 5. The van der Waals surface area contributed by atoms with E-state index in [4.69, 9.17) is 19.2 Å². The number of pyridine rings is 2. The summed E-state index contributed by atoms with van der Waals surface area (Å²) in [5, 5.41) is 16.2. The molecule has 0 radical (unpaired) electrons. The number of nitrogens with one attached hydrogen (secondary N) is 1. The van der Waals surface area contributed by atoms with Gasteiger partial charge in [0.15, 0.2) is 5.60 Å². The van der Waals surface area contributed by atoms with Crippen LogP contribution in [-0.2, 0) is 52.5 Å². The number of cyclic esters (lactones) is 1. The first-order chi connectivity index (χ1) is 21.9. The second-order valence-corrected chi connectivity index (χ2v) is 12.0. The first-order valence-corrected chi connectivity index (χ1v) is 15.6. The van der Waals surface area contributed by atoms with Crippen LogP contribution in [0.25, 0.3) is 22.3 Å². The lowest BCUT2D eigenvalue weighted by atomic mass is 9.85. The Morgan fingerprint density at radius 1 is 1.04 bits per heavy atom. The second kappa shape index (κ2) is 12.0. The maximum Gasteiger partial charge on any atom is 0.343 e. The number of benzene rings is 2. The number of hydrogen-bond acceptors (Lipinski definition) is 9. The van der Waals surface area contributed by atoms with E-state index in [1.807, 2.05) is 18.2 Å². The number of ether oxygens (including phenoxy) is 3. The molecule has 3 aliphatic heterocycles. The summed E-state index contributed by atoms with van der Waals surface area (Å²) in [6, 6.07) is 16.0. The molecule has 0 amide bonds. The van der Waals surface area contributed by atoms with Gasteiger partial charge in [-0.05, 0) is 53.9 Å². The lowest BCUT2D eigenvalue weighted by Gasteiger charge is -2.32. The van der Waals surface area contributed by atoms with Crippen molar-refractivity contribution in [2.24, 2.45) is 0 Å². The van der Waals surface area contributed by atoms with Gasteiger partial charge in [-0.15, -0.1) is 0 Å². The molecule has 2 aromatic carbocycles. The maximum absolute atomic E-state index is 13.8. The van der Waals surface area contributed by atoms with E-state index in [2.05, 4.69) is 41.4 Å². The molecule has 3 aliphatic rings. The summed E-state index contributed by atoms with van der Waals surface area (Å²) < 4.78 is 18.0. The standard InChI is InChI=1S/C35H38N4O6/c1-3-25-26-16-24(43-2)8-9-30(26)37-32-27(25)20-39-31(32)17-29-28(33(39)40)21-45-34(41)35(29,42)10-11-36-18-22-4-6-23(7-5-22)19-38-12-14-44-15-13-38/h4-9,16-17,36,42H,3,10-15,18-21H2,1-2H3/t35-/m0/s1. The van der Waals surface area contributed by atoms with Gasteiger partial charge in [-0.1, -0.05) is 31.2 Å². The third-order valence-corrected chi connectivity index (χ3v) is 9.38. The summed E-state index contributed by atoms with van der Waals surface area (Å²) in [5.74, 6) is 0.0110. The van der Waals surface area contributed by atoms with Crippen LogP contribution in [0.5, 0.6) is 5.75 Å². The molecular formula is C35H38N4O6. The van der Waals surface area contributed by atoms with Crippen molar-refractivity contribution in [2.45, 2.75) is 51.6 Å². The monoisotopic (exact) mass is 610 g/mol. The number of hydrogen-bond donors (Lipinski definition) is 2. The highest BCUT2D eigenvalue weighted by atomic mass is 16.6. The minimum atomic E-state index is -1.95. The Balaban J connectivity index is 1.11. The maximum atomic E-state index is 13.8. The van der Waals surface area contributed by atoms with Gasteiger partial charge in [0.25, 0.3) is 5.56 Å². The molecule has 2 aromatic heterocycles. The van der Waals surface area contributed by atoms with E-state index in [-0.39, 0.29) is 18.6 Å². The lowest BCUT2D eigenvalue weighted by Crippen LogP contribution is -2.46. The summed E-state index contributed by atoms with van der Waals surface area (Å²) in [5.41, 5.74) is 4.98. The third-order valence-electron chi connectivity index (χ3n) is 9.38. The molecule has 2 N–H and O–H groups in total. The molecule has 45 heavy (non-hydrogen) atoms.